The van der Waals surface area contributed by atoms with Crippen LogP contribution in [-0.4, -0.2) is 15.9 Å². The summed E-state index contributed by atoms with van der Waals surface area (Å²) in [5, 5.41) is 7.09. The molecule has 0 aliphatic rings. The molecule has 0 aliphatic heterocycles. The standard InChI is InChI=1S/C17H14N4O2S/c1-9(14-6-10-7-19-4-2-13(10)23-14)21-17-11-3-5-24-15(11)12(8-20-17)16(18)22/h2-9H,1H3,(H2,18,22)(H,20,21). The Morgan fingerprint density at radius 1 is 1.38 bits per heavy atom. The van der Waals surface area contributed by atoms with Crippen LogP contribution in [0.3, 0.4) is 0 Å². The predicted octanol–water partition coefficient (Wildman–Crippen LogP) is 3.71. The zero-order valence-corrected chi connectivity index (χ0v) is 13.6. The third-order valence-electron chi connectivity index (χ3n) is 3.87. The Balaban J connectivity index is 1.70. The van der Waals surface area contributed by atoms with Crippen LogP contribution in [-0.2, 0) is 0 Å². The van der Waals surface area contributed by atoms with E-state index in [0.29, 0.717) is 11.4 Å². The topological polar surface area (TPSA) is 94.0 Å². The van der Waals surface area contributed by atoms with Crippen molar-refractivity contribution in [1.29, 1.82) is 0 Å². The van der Waals surface area contributed by atoms with Gasteiger partial charge < -0.3 is 15.5 Å². The van der Waals surface area contributed by atoms with Gasteiger partial charge in [0, 0.05) is 29.4 Å². The van der Waals surface area contributed by atoms with Crippen LogP contribution in [0.15, 0.2) is 46.6 Å². The smallest absolute Gasteiger partial charge is 0.251 e. The minimum absolute atomic E-state index is 0.0903. The maximum atomic E-state index is 11.5. The molecule has 0 saturated heterocycles. The molecule has 1 unspecified atom stereocenters. The van der Waals surface area contributed by atoms with Crippen molar-refractivity contribution >= 4 is 44.1 Å². The lowest BCUT2D eigenvalue weighted by molar-refractivity contribution is 0.100. The number of hydrogen-bond acceptors (Lipinski definition) is 6. The molecule has 4 aromatic heterocycles. The van der Waals surface area contributed by atoms with E-state index in [9.17, 15) is 4.79 Å². The van der Waals surface area contributed by atoms with Crippen LogP contribution in [0.1, 0.15) is 29.1 Å². The normalized spacial score (nSPS) is 12.5. The van der Waals surface area contributed by atoms with Crippen LogP contribution in [0.25, 0.3) is 21.1 Å². The van der Waals surface area contributed by atoms with Crippen LogP contribution in [0.4, 0.5) is 5.82 Å². The Kier molecular flexibility index (Phi) is 3.42. The minimum atomic E-state index is -0.473. The highest BCUT2D eigenvalue weighted by molar-refractivity contribution is 7.17. The van der Waals surface area contributed by atoms with Gasteiger partial charge in [0.15, 0.2) is 0 Å². The molecule has 0 fully saturated rings. The van der Waals surface area contributed by atoms with Gasteiger partial charge in [-0.2, -0.15) is 0 Å². The third-order valence-corrected chi connectivity index (χ3v) is 4.82. The molecule has 24 heavy (non-hydrogen) atoms. The molecule has 1 atom stereocenters. The molecule has 0 saturated carbocycles. The van der Waals surface area contributed by atoms with Crippen molar-refractivity contribution in [3.63, 3.8) is 0 Å². The van der Waals surface area contributed by atoms with Crippen LogP contribution in [0.5, 0.6) is 0 Å². The van der Waals surface area contributed by atoms with Crippen LogP contribution < -0.4 is 11.1 Å². The summed E-state index contributed by atoms with van der Waals surface area (Å²) in [6, 6.07) is 5.63. The van der Waals surface area contributed by atoms with Crippen molar-refractivity contribution in [2.45, 2.75) is 13.0 Å². The number of nitrogens with one attached hydrogen (secondary N) is 1. The van der Waals surface area contributed by atoms with E-state index in [1.54, 1.807) is 12.4 Å². The van der Waals surface area contributed by atoms with E-state index in [-0.39, 0.29) is 6.04 Å². The van der Waals surface area contributed by atoms with Gasteiger partial charge in [0.2, 0.25) is 0 Å². The second-order valence-corrected chi connectivity index (χ2v) is 6.39. The molecule has 4 aromatic rings. The van der Waals surface area contributed by atoms with Crippen molar-refractivity contribution in [2.24, 2.45) is 5.73 Å². The molecular formula is C17H14N4O2S. The molecule has 0 spiro atoms. The van der Waals surface area contributed by atoms with Crippen LogP contribution >= 0.6 is 11.3 Å². The molecule has 0 aliphatic carbocycles. The van der Waals surface area contributed by atoms with Gasteiger partial charge in [-0.1, -0.05) is 0 Å². The molecule has 4 rings (SSSR count). The van der Waals surface area contributed by atoms with Crippen LogP contribution in [0.2, 0.25) is 0 Å². The second-order valence-electron chi connectivity index (χ2n) is 5.48. The van der Waals surface area contributed by atoms with Gasteiger partial charge in [-0.15, -0.1) is 11.3 Å². The summed E-state index contributed by atoms with van der Waals surface area (Å²) in [6.07, 6.45) is 4.98. The lowest BCUT2D eigenvalue weighted by atomic mass is 10.2. The number of amides is 1. The van der Waals surface area contributed by atoms with E-state index in [4.69, 9.17) is 10.2 Å². The zero-order valence-electron chi connectivity index (χ0n) is 12.8. The Morgan fingerprint density at radius 2 is 2.25 bits per heavy atom. The summed E-state index contributed by atoms with van der Waals surface area (Å²) >= 11 is 1.47. The Morgan fingerprint density at radius 3 is 3.04 bits per heavy atom. The van der Waals surface area contributed by atoms with Gasteiger partial charge >= 0.3 is 0 Å². The highest BCUT2D eigenvalue weighted by Gasteiger charge is 2.16. The molecule has 7 heteroatoms. The van der Waals surface area contributed by atoms with Crippen molar-refractivity contribution in [3.05, 3.63) is 53.5 Å². The highest BCUT2D eigenvalue weighted by Crippen LogP contribution is 2.32. The highest BCUT2D eigenvalue weighted by atomic mass is 32.1. The van der Waals surface area contributed by atoms with Gasteiger partial charge in [0.05, 0.1) is 16.3 Å². The quantitative estimate of drug-likeness (QED) is 0.591. The fraction of sp³-hybridized carbons (Fsp3) is 0.118. The number of carbonyl (C=O) groups is 1. The van der Waals surface area contributed by atoms with Gasteiger partial charge in [-0.25, -0.2) is 4.98 Å². The Bertz CT molecular complexity index is 1020. The number of hydrogen-bond donors (Lipinski definition) is 2. The molecular weight excluding hydrogens is 324 g/mol. The number of anilines is 1. The summed E-state index contributed by atoms with van der Waals surface area (Å²) in [5.41, 5.74) is 6.65. The number of nitrogens with two attached hydrogens (primary N) is 1. The van der Waals surface area contributed by atoms with E-state index in [2.05, 4.69) is 15.3 Å². The summed E-state index contributed by atoms with van der Waals surface area (Å²) < 4.78 is 6.69. The average molecular weight is 338 g/mol. The molecule has 0 aromatic carbocycles. The van der Waals surface area contributed by atoms with Gasteiger partial charge in [-0.3, -0.25) is 9.78 Å². The number of fused-ring (bicyclic) bond motifs is 2. The van der Waals surface area contributed by atoms with Crippen molar-refractivity contribution in [3.8, 4) is 0 Å². The van der Waals surface area contributed by atoms with E-state index in [1.165, 1.54) is 17.5 Å². The lowest BCUT2D eigenvalue weighted by Gasteiger charge is -2.13. The van der Waals surface area contributed by atoms with E-state index in [0.717, 1.165) is 26.8 Å². The third kappa shape index (κ3) is 2.39. The summed E-state index contributed by atoms with van der Waals surface area (Å²) in [6.45, 7) is 1.99. The average Bonchev–Trinajstić information content (AvgIpc) is 3.21. The first-order chi connectivity index (χ1) is 11.6. The summed E-state index contributed by atoms with van der Waals surface area (Å²) in [4.78, 5) is 20.0. The number of aromatic nitrogens is 2. The first kappa shape index (κ1) is 14.6. The number of nitrogens with zero attached hydrogens (tertiary/aromatic N) is 2. The number of primary amides is 1. The number of thiophene rings is 1. The second kappa shape index (κ2) is 5.61. The molecule has 0 radical (unpaired) electrons. The van der Waals surface area contributed by atoms with Gasteiger partial charge in [-0.05, 0) is 30.5 Å². The van der Waals surface area contributed by atoms with Crippen molar-refractivity contribution in [2.75, 3.05) is 5.32 Å². The first-order valence-electron chi connectivity index (χ1n) is 7.39. The van der Waals surface area contributed by atoms with Gasteiger partial charge in [0.1, 0.15) is 17.2 Å². The Labute approximate surface area is 141 Å². The minimum Gasteiger partial charge on any atom is -0.459 e. The fourth-order valence-electron chi connectivity index (χ4n) is 2.65. The number of carbonyl (C=O) groups excluding carboxylic acids is 1. The van der Waals surface area contributed by atoms with E-state index >= 15 is 0 Å². The monoisotopic (exact) mass is 338 g/mol. The van der Waals surface area contributed by atoms with E-state index in [1.807, 2.05) is 30.5 Å². The summed E-state index contributed by atoms with van der Waals surface area (Å²) in [5.74, 6) is 1.02. The molecule has 120 valence electrons. The predicted molar refractivity (Wildman–Crippen MR) is 94.2 cm³/mol. The lowest BCUT2D eigenvalue weighted by Crippen LogP contribution is -2.13. The molecule has 3 N–H and O–H groups in total. The largest absolute Gasteiger partial charge is 0.459 e. The summed E-state index contributed by atoms with van der Waals surface area (Å²) in [7, 11) is 0. The number of furan rings is 1. The maximum Gasteiger partial charge on any atom is 0.251 e. The maximum absolute atomic E-state index is 11.5. The first-order valence-corrected chi connectivity index (χ1v) is 8.27. The van der Waals surface area contributed by atoms with E-state index < -0.39 is 5.91 Å². The fourth-order valence-corrected chi connectivity index (χ4v) is 3.56. The molecule has 0 bridgehead atoms. The van der Waals surface area contributed by atoms with Crippen LogP contribution in [0, 0.1) is 0 Å². The van der Waals surface area contributed by atoms with Crippen molar-refractivity contribution < 1.29 is 9.21 Å². The molecule has 1 amide bonds. The number of pyridine rings is 2. The van der Waals surface area contributed by atoms with Gasteiger partial charge in [0.25, 0.3) is 5.91 Å². The Hall–Kier alpha value is -2.93. The SMILES string of the molecule is CC(Nc1ncc(C(N)=O)c2sccc12)c1cc2cnccc2o1. The molecule has 6 nitrogen and oxygen atoms in total. The molecule has 4 heterocycles. The zero-order chi connectivity index (χ0) is 16.7. The number of rotatable bonds is 4. The van der Waals surface area contributed by atoms with Crippen molar-refractivity contribution in [1.82, 2.24) is 9.97 Å².